The standard InChI is InChI=1S/C20H33N/c1-2-3-4-5-6-8-13-19-16-18(14-15-20(19)21)17-11-9-7-10-12-17/h7,9-12,18-20H,2-6,8,13-16,21H2,1H3. The Labute approximate surface area is 131 Å². The number of hydrogen-bond acceptors (Lipinski definition) is 1. The van der Waals surface area contributed by atoms with Gasteiger partial charge >= 0.3 is 0 Å². The summed E-state index contributed by atoms with van der Waals surface area (Å²) in [5, 5.41) is 0. The Bertz CT molecular complexity index is 373. The molecular formula is C20H33N. The van der Waals surface area contributed by atoms with Crippen LogP contribution in [0.2, 0.25) is 0 Å². The summed E-state index contributed by atoms with van der Waals surface area (Å²) < 4.78 is 0. The SMILES string of the molecule is CCCCCCCCC1CC(c2ccccc2)CCC1N. The molecule has 1 aliphatic carbocycles. The van der Waals surface area contributed by atoms with Crippen LogP contribution in [0.4, 0.5) is 0 Å². The van der Waals surface area contributed by atoms with Crippen LogP contribution >= 0.6 is 0 Å². The van der Waals surface area contributed by atoms with Gasteiger partial charge in [0, 0.05) is 6.04 Å². The van der Waals surface area contributed by atoms with Crippen molar-refractivity contribution in [2.75, 3.05) is 0 Å². The van der Waals surface area contributed by atoms with Crippen LogP contribution in [0.5, 0.6) is 0 Å². The lowest BCUT2D eigenvalue weighted by Gasteiger charge is -2.34. The van der Waals surface area contributed by atoms with Gasteiger partial charge < -0.3 is 5.73 Å². The number of unbranched alkanes of at least 4 members (excludes halogenated alkanes) is 5. The predicted molar refractivity (Wildman–Crippen MR) is 92.5 cm³/mol. The molecule has 0 aliphatic heterocycles. The van der Waals surface area contributed by atoms with Gasteiger partial charge in [-0.2, -0.15) is 0 Å². The highest BCUT2D eigenvalue weighted by Gasteiger charge is 2.28. The minimum Gasteiger partial charge on any atom is -0.327 e. The fourth-order valence-electron chi connectivity index (χ4n) is 3.83. The van der Waals surface area contributed by atoms with Crippen LogP contribution in [0.15, 0.2) is 30.3 Å². The van der Waals surface area contributed by atoms with Gasteiger partial charge in [-0.1, -0.05) is 75.8 Å². The first-order valence-electron chi connectivity index (χ1n) is 9.11. The van der Waals surface area contributed by atoms with Crippen molar-refractivity contribution in [2.24, 2.45) is 11.7 Å². The van der Waals surface area contributed by atoms with Crippen molar-refractivity contribution in [2.45, 2.75) is 83.1 Å². The van der Waals surface area contributed by atoms with Crippen molar-refractivity contribution in [1.29, 1.82) is 0 Å². The topological polar surface area (TPSA) is 26.0 Å². The van der Waals surface area contributed by atoms with E-state index in [9.17, 15) is 0 Å². The lowest BCUT2D eigenvalue weighted by molar-refractivity contribution is 0.258. The molecule has 0 heterocycles. The normalized spacial score (nSPS) is 25.9. The van der Waals surface area contributed by atoms with E-state index in [4.69, 9.17) is 5.73 Å². The van der Waals surface area contributed by atoms with Crippen LogP contribution in [0.1, 0.15) is 82.6 Å². The first kappa shape index (κ1) is 16.5. The van der Waals surface area contributed by atoms with E-state index in [1.54, 1.807) is 0 Å². The first-order chi connectivity index (χ1) is 10.3. The van der Waals surface area contributed by atoms with Crippen LogP contribution in [0, 0.1) is 5.92 Å². The number of hydrogen-bond donors (Lipinski definition) is 1. The Kier molecular flexibility index (Phi) is 7.29. The van der Waals surface area contributed by atoms with E-state index < -0.39 is 0 Å². The van der Waals surface area contributed by atoms with Gasteiger partial charge in [-0.15, -0.1) is 0 Å². The van der Waals surface area contributed by atoms with Crippen LogP contribution in [-0.4, -0.2) is 6.04 Å². The largest absolute Gasteiger partial charge is 0.327 e. The number of benzene rings is 1. The van der Waals surface area contributed by atoms with Gasteiger partial charge in [0.05, 0.1) is 0 Å². The zero-order valence-electron chi connectivity index (χ0n) is 13.8. The fraction of sp³-hybridized carbons (Fsp3) is 0.700. The second-order valence-electron chi connectivity index (χ2n) is 6.90. The van der Waals surface area contributed by atoms with Crippen molar-refractivity contribution in [3.8, 4) is 0 Å². The Hall–Kier alpha value is -0.820. The van der Waals surface area contributed by atoms with Gasteiger partial charge in [0.15, 0.2) is 0 Å². The summed E-state index contributed by atoms with van der Waals surface area (Å²) >= 11 is 0. The summed E-state index contributed by atoms with van der Waals surface area (Å²) in [6.07, 6.45) is 13.5. The van der Waals surface area contributed by atoms with E-state index in [0.717, 1.165) is 11.8 Å². The second kappa shape index (κ2) is 9.25. The Morgan fingerprint density at radius 2 is 1.67 bits per heavy atom. The van der Waals surface area contributed by atoms with E-state index in [1.807, 2.05) is 0 Å². The van der Waals surface area contributed by atoms with Gasteiger partial charge in [-0.3, -0.25) is 0 Å². The lowest BCUT2D eigenvalue weighted by Crippen LogP contribution is -2.35. The Morgan fingerprint density at radius 1 is 0.952 bits per heavy atom. The van der Waals surface area contributed by atoms with Crippen molar-refractivity contribution in [3.05, 3.63) is 35.9 Å². The highest BCUT2D eigenvalue weighted by molar-refractivity contribution is 5.20. The molecule has 3 atom stereocenters. The molecule has 0 aromatic heterocycles. The number of rotatable bonds is 8. The molecular weight excluding hydrogens is 254 g/mol. The van der Waals surface area contributed by atoms with E-state index in [2.05, 4.69) is 37.3 Å². The molecule has 0 radical (unpaired) electrons. The van der Waals surface area contributed by atoms with Gasteiger partial charge in [0.1, 0.15) is 0 Å². The lowest BCUT2D eigenvalue weighted by atomic mass is 9.73. The third kappa shape index (κ3) is 5.47. The quantitative estimate of drug-likeness (QED) is 0.614. The minimum absolute atomic E-state index is 0.445. The monoisotopic (exact) mass is 287 g/mol. The zero-order valence-corrected chi connectivity index (χ0v) is 13.8. The first-order valence-corrected chi connectivity index (χ1v) is 9.11. The molecule has 1 aliphatic rings. The van der Waals surface area contributed by atoms with Gasteiger partial charge in [-0.25, -0.2) is 0 Å². The molecule has 0 saturated heterocycles. The molecule has 0 amide bonds. The van der Waals surface area contributed by atoms with Crippen LogP contribution in [0.25, 0.3) is 0 Å². The summed E-state index contributed by atoms with van der Waals surface area (Å²) in [7, 11) is 0. The van der Waals surface area contributed by atoms with Gasteiger partial charge in [-0.05, 0) is 43.1 Å². The highest BCUT2D eigenvalue weighted by atomic mass is 14.7. The number of nitrogens with two attached hydrogens (primary N) is 1. The Morgan fingerprint density at radius 3 is 2.43 bits per heavy atom. The van der Waals surface area contributed by atoms with Crippen molar-refractivity contribution < 1.29 is 0 Å². The van der Waals surface area contributed by atoms with E-state index in [0.29, 0.717) is 6.04 Å². The molecule has 0 spiro atoms. The summed E-state index contributed by atoms with van der Waals surface area (Å²) in [5.41, 5.74) is 7.91. The van der Waals surface area contributed by atoms with Crippen molar-refractivity contribution in [1.82, 2.24) is 0 Å². The maximum absolute atomic E-state index is 6.38. The summed E-state index contributed by atoms with van der Waals surface area (Å²) in [4.78, 5) is 0. The third-order valence-electron chi connectivity index (χ3n) is 5.24. The molecule has 1 nitrogen and oxygen atoms in total. The van der Waals surface area contributed by atoms with Crippen molar-refractivity contribution >= 4 is 0 Å². The maximum Gasteiger partial charge on any atom is 0.00675 e. The van der Waals surface area contributed by atoms with Crippen LogP contribution in [0.3, 0.4) is 0 Å². The summed E-state index contributed by atoms with van der Waals surface area (Å²) in [6.45, 7) is 2.28. The maximum atomic E-state index is 6.38. The average Bonchev–Trinajstić information content (AvgIpc) is 2.53. The fourth-order valence-corrected chi connectivity index (χ4v) is 3.83. The molecule has 118 valence electrons. The zero-order chi connectivity index (χ0) is 14.9. The molecule has 1 aromatic carbocycles. The van der Waals surface area contributed by atoms with Crippen molar-refractivity contribution in [3.63, 3.8) is 0 Å². The average molecular weight is 287 g/mol. The molecule has 1 saturated carbocycles. The Balaban J connectivity index is 1.74. The molecule has 1 heteroatoms. The smallest absolute Gasteiger partial charge is 0.00675 e. The summed E-state index contributed by atoms with van der Waals surface area (Å²) in [6, 6.07) is 11.5. The minimum atomic E-state index is 0.445. The molecule has 3 unspecified atom stereocenters. The second-order valence-corrected chi connectivity index (χ2v) is 6.90. The third-order valence-corrected chi connectivity index (χ3v) is 5.24. The van der Waals surface area contributed by atoms with E-state index >= 15 is 0 Å². The molecule has 1 aromatic rings. The molecule has 0 bridgehead atoms. The molecule has 21 heavy (non-hydrogen) atoms. The highest BCUT2D eigenvalue weighted by Crippen LogP contribution is 2.37. The van der Waals surface area contributed by atoms with Gasteiger partial charge in [0.25, 0.3) is 0 Å². The van der Waals surface area contributed by atoms with Crippen LogP contribution < -0.4 is 5.73 Å². The van der Waals surface area contributed by atoms with Gasteiger partial charge in [0.2, 0.25) is 0 Å². The van der Waals surface area contributed by atoms with Crippen LogP contribution in [-0.2, 0) is 0 Å². The van der Waals surface area contributed by atoms with E-state index in [1.165, 1.54) is 69.8 Å². The predicted octanol–water partition coefficient (Wildman–Crippen LogP) is 5.65. The molecule has 1 fully saturated rings. The molecule has 2 N–H and O–H groups in total. The molecule has 2 rings (SSSR count). The van der Waals surface area contributed by atoms with E-state index in [-0.39, 0.29) is 0 Å². The summed E-state index contributed by atoms with van der Waals surface area (Å²) in [5.74, 6) is 1.49.